The highest BCUT2D eigenvalue weighted by atomic mass is 35.5. The third-order valence-corrected chi connectivity index (χ3v) is 4.59. The number of hydrogen-bond donors (Lipinski definition) is 0. The molecule has 0 saturated carbocycles. The second kappa shape index (κ2) is 5.82. The van der Waals surface area contributed by atoms with Crippen LogP contribution in [0.25, 0.3) is 0 Å². The van der Waals surface area contributed by atoms with E-state index in [1.807, 2.05) is 0 Å². The van der Waals surface area contributed by atoms with Gasteiger partial charge in [-0.2, -0.15) is 0 Å². The average molecular weight is 297 g/mol. The van der Waals surface area contributed by atoms with Gasteiger partial charge in [-0.15, -0.1) is 11.6 Å². The lowest BCUT2D eigenvalue weighted by Crippen LogP contribution is -2.24. The number of methoxy groups -OCH3 is 1. The van der Waals surface area contributed by atoms with Crippen LogP contribution in [0.1, 0.15) is 37.0 Å². The van der Waals surface area contributed by atoms with Crippen molar-refractivity contribution in [3.05, 3.63) is 23.3 Å². The smallest absolute Gasteiger partial charge is 0.125 e. The van der Waals surface area contributed by atoms with Crippen molar-refractivity contribution in [1.82, 2.24) is 0 Å². The minimum Gasteiger partial charge on any atom is -0.496 e. The number of rotatable bonds is 3. The monoisotopic (exact) mass is 296 g/mol. The van der Waals surface area contributed by atoms with Crippen LogP contribution < -0.4 is 9.47 Å². The van der Waals surface area contributed by atoms with E-state index >= 15 is 0 Å². The summed E-state index contributed by atoms with van der Waals surface area (Å²) in [5.41, 5.74) is 2.29. The van der Waals surface area contributed by atoms with Gasteiger partial charge in [-0.05, 0) is 31.9 Å². The van der Waals surface area contributed by atoms with E-state index in [2.05, 4.69) is 19.1 Å². The van der Waals surface area contributed by atoms with Crippen molar-refractivity contribution in [3.63, 3.8) is 0 Å². The Balaban J connectivity index is 1.97. The Kier molecular flexibility index (Phi) is 4.08. The molecule has 3 atom stereocenters. The molecule has 3 unspecified atom stereocenters. The summed E-state index contributed by atoms with van der Waals surface area (Å²) in [4.78, 5) is 0. The van der Waals surface area contributed by atoms with E-state index in [1.54, 1.807) is 7.11 Å². The molecule has 2 aliphatic heterocycles. The molecule has 0 amide bonds. The predicted octanol–water partition coefficient (Wildman–Crippen LogP) is 3.73. The number of alkyl halides is 1. The topological polar surface area (TPSA) is 27.7 Å². The molecule has 0 aromatic heterocycles. The van der Waals surface area contributed by atoms with Gasteiger partial charge >= 0.3 is 0 Å². The van der Waals surface area contributed by atoms with Gasteiger partial charge < -0.3 is 14.2 Å². The summed E-state index contributed by atoms with van der Waals surface area (Å²) >= 11 is 6.11. The fraction of sp³-hybridized carbons (Fsp3) is 0.625. The molecule has 3 rings (SSSR count). The lowest BCUT2D eigenvalue weighted by atomic mass is 9.89. The average Bonchev–Trinajstić information content (AvgIpc) is 2.84. The van der Waals surface area contributed by atoms with Crippen LogP contribution in [0.5, 0.6) is 11.5 Å². The van der Waals surface area contributed by atoms with Gasteiger partial charge in [0.25, 0.3) is 0 Å². The molecular formula is C16H21ClO3. The van der Waals surface area contributed by atoms with Crippen molar-refractivity contribution in [2.45, 2.75) is 38.4 Å². The molecule has 4 heteroatoms. The van der Waals surface area contributed by atoms with Gasteiger partial charge in [0.1, 0.15) is 17.6 Å². The Hall–Kier alpha value is -0.930. The van der Waals surface area contributed by atoms with Crippen LogP contribution in [0.3, 0.4) is 0 Å². The molecule has 0 radical (unpaired) electrons. The molecule has 20 heavy (non-hydrogen) atoms. The predicted molar refractivity (Wildman–Crippen MR) is 78.9 cm³/mol. The maximum atomic E-state index is 6.11. The molecular weight excluding hydrogens is 276 g/mol. The molecule has 1 aromatic carbocycles. The normalized spacial score (nSPS) is 28.9. The van der Waals surface area contributed by atoms with Gasteiger partial charge in [-0.1, -0.05) is 0 Å². The van der Waals surface area contributed by atoms with Crippen molar-refractivity contribution >= 4 is 11.6 Å². The summed E-state index contributed by atoms with van der Waals surface area (Å²) in [6.45, 7) is 2.88. The van der Waals surface area contributed by atoms with Gasteiger partial charge in [-0.25, -0.2) is 0 Å². The number of hydrogen-bond acceptors (Lipinski definition) is 3. The van der Waals surface area contributed by atoms with Crippen LogP contribution in [0, 0.1) is 5.92 Å². The summed E-state index contributed by atoms with van der Waals surface area (Å²) < 4.78 is 17.4. The summed E-state index contributed by atoms with van der Waals surface area (Å²) in [5, 5.41) is 0. The SMILES string of the molecule is COc1cc2c(cc1C1OCCCC1CCl)OC(C)C2. The largest absolute Gasteiger partial charge is 0.496 e. The Bertz CT molecular complexity index is 489. The quantitative estimate of drug-likeness (QED) is 0.796. The first-order chi connectivity index (χ1) is 9.72. The highest BCUT2D eigenvalue weighted by Crippen LogP contribution is 2.43. The maximum Gasteiger partial charge on any atom is 0.125 e. The lowest BCUT2D eigenvalue weighted by Gasteiger charge is -2.31. The molecule has 0 bridgehead atoms. The maximum absolute atomic E-state index is 6.11. The van der Waals surface area contributed by atoms with Crippen LogP contribution in [0.2, 0.25) is 0 Å². The highest BCUT2D eigenvalue weighted by molar-refractivity contribution is 6.18. The van der Waals surface area contributed by atoms with E-state index in [0.29, 0.717) is 11.8 Å². The molecule has 2 heterocycles. The lowest BCUT2D eigenvalue weighted by molar-refractivity contribution is -0.0221. The first kappa shape index (κ1) is 14.0. The Morgan fingerprint density at radius 3 is 3.00 bits per heavy atom. The zero-order valence-corrected chi connectivity index (χ0v) is 12.8. The standard InChI is InChI=1S/C16H21ClO3/c1-10-6-12-7-15(18-2)13(8-14(12)20-10)16-11(9-17)4-3-5-19-16/h7-8,10-11,16H,3-6,9H2,1-2H3. The zero-order valence-electron chi connectivity index (χ0n) is 12.0. The van der Waals surface area contributed by atoms with Gasteiger partial charge in [0, 0.05) is 36.0 Å². The van der Waals surface area contributed by atoms with E-state index in [4.69, 9.17) is 25.8 Å². The van der Waals surface area contributed by atoms with Crippen molar-refractivity contribution in [1.29, 1.82) is 0 Å². The van der Waals surface area contributed by atoms with E-state index in [9.17, 15) is 0 Å². The number of benzene rings is 1. The Morgan fingerprint density at radius 2 is 2.25 bits per heavy atom. The van der Waals surface area contributed by atoms with Crippen LogP contribution in [-0.2, 0) is 11.2 Å². The molecule has 3 nitrogen and oxygen atoms in total. The number of halogens is 1. The summed E-state index contributed by atoms with van der Waals surface area (Å²) in [6.07, 6.45) is 3.37. The fourth-order valence-corrected chi connectivity index (χ4v) is 3.52. The van der Waals surface area contributed by atoms with E-state index in [1.165, 1.54) is 5.56 Å². The van der Waals surface area contributed by atoms with Crippen molar-refractivity contribution in [2.24, 2.45) is 5.92 Å². The molecule has 2 aliphatic rings. The molecule has 0 spiro atoms. The second-order valence-corrected chi connectivity index (χ2v) is 5.99. The van der Waals surface area contributed by atoms with Crippen molar-refractivity contribution in [2.75, 3.05) is 19.6 Å². The highest BCUT2D eigenvalue weighted by Gasteiger charge is 2.31. The molecule has 0 aliphatic carbocycles. The van der Waals surface area contributed by atoms with Gasteiger partial charge in [0.15, 0.2) is 0 Å². The Labute approximate surface area is 125 Å². The van der Waals surface area contributed by atoms with E-state index < -0.39 is 0 Å². The molecule has 1 saturated heterocycles. The zero-order chi connectivity index (χ0) is 14.1. The number of fused-ring (bicyclic) bond motifs is 1. The van der Waals surface area contributed by atoms with Gasteiger partial charge in [0.2, 0.25) is 0 Å². The molecule has 0 N–H and O–H groups in total. The summed E-state index contributed by atoms with van der Waals surface area (Å²) in [6, 6.07) is 4.19. The summed E-state index contributed by atoms with van der Waals surface area (Å²) in [7, 11) is 1.71. The minimum absolute atomic E-state index is 0.0148. The van der Waals surface area contributed by atoms with Crippen LogP contribution in [0.4, 0.5) is 0 Å². The van der Waals surface area contributed by atoms with Gasteiger partial charge in [0.05, 0.1) is 13.2 Å². The van der Waals surface area contributed by atoms with Gasteiger partial charge in [-0.3, -0.25) is 0 Å². The number of ether oxygens (including phenoxy) is 3. The Morgan fingerprint density at radius 1 is 1.40 bits per heavy atom. The first-order valence-corrected chi connectivity index (χ1v) is 7.81. The van der Waals surface area contributed by atoms with Crippen LogP contribution >= 0.6 is 11.6 Å². The van der Waals surface area contributed by atoms with Crippen LogP contribution in [-0.4, -0.2) is 25.7 Å². The fourth-order valence-electron chi connectivity index (χ4n) is 3.20. The van der Waals surface area contributed by atoms with Crippen LogP contribution in [0.15, 0.2) is 12.1 Å². The second-order valence-electron chi connectivity index (χ2n) is 5.68. The minimum atomic E-state index is 0.0148. The van der Waals surface area contributed by atoms with Crippen molar-refractivity contribution < 1.29 is 14.2 Å². The molecule has 110 valence electrons. The van der Waals surface area contributed by atoms with Crippen molar-refractivity contribution in [3.8, 4) is 11.5 Å². The third-order valence-electron chi connectivity index (χ3n) is 4.20. The third kappa shape index (κ3) is 2.49. The van der Waals surface area contributed by atoms with E-state index in [0.717, 1.165) is 42.9 Å². The summed E-state index contributed by atoms with van der Waals surface area (Å²) in [5.74, 6) is 2.82. The molecule has 1 fully saturated rings. The van der Waals surface area contributed by atoms with E-state index in [-0.39, 0.29) is 12.2 Å². The first-order valence-electron chi connectivity index (χ1n) is 7.28. The molecule has 1 aromatic rings.